The number of amides is 1. The first kappa shape index (κ1) is 18.3. The summed E-state index contributed by atoms with van der Waals surface area (Å²) in [5.41, 5.74) is 0.568. The van der Waals surface area contributed by atoms with E-state index in [0.29, 0.717) is 42.4 Å². The third-order valence-electron chi connectivity index (χ3n) is 5.66. The fourth-order valence-corrected chi connectivity index (χ4v) is 4.52. The number of likely N-dealkylation sites (tertiary alicyclic amines) is 1. The van der Waals surface area contributed by atoms with Gasteiger partial charge in [0.1, 0.15) is 23.4 Å². The van der Waals surface area contributed by atoms with Crippen LogP contribution in [0.3, 0.4) is 0 Å². The van der Waals surface area contributed by atoms with Crippen molar-refractivity contribution in [1.82, 2.24) is 9.47 Å². The Kier molecular flexibility index (Phi) is 4.86. The maximum atomic E-state index is 13.1. The molecule has 4 atom stereocenters. The number of fused-ring (bicyclic) bond motifs is 1. The lowest BCUT2D eigenvalue weighted by Gasteiger charge is -2.35. The number of hydrogen-bond acceptors (Lipinski definition) is 3. The summed E-state index contributed by atoms with van der Waals surface area (Å²) in [6.07, 6.45) is 2.02. The second-order valence-electron chi connectivity index (χ2n) is 7.53. The molecule has 1 aromatic carbocycles. The molecular weight excluding hydrogens is 371 g/mol. The first-order valence-electron chi connectivity index (χ1n) is 9.12. The summed E-state index contributed by atoms with van der Waals surface area (Å²) in [5, 5.41) is 11.0. The molecule has 1 amide bonds. The van der Waals surface area contributed by atoms with Crippen molar-refractivity contribution < 1.29 is 19.0 Å². The normalized spacial score (nSPS) is 27.5. The number of aryl methyl sites for hydroxylation is 1. The highest BCUT2D eigenvalue weighted by molar-refractivity contribution is 6.31. The highest BCUT2D eigenvalue weighted by atomic mass is 35.5. The van der Waals surface area contributed by atoms with Gasteiger partial charge >= 0.3 is 0 Å². The van der Waals surface area contributed by atoms with Gasteiger partial charge in [-0.05, 0) is 55.0 Å². The van der Waals surface area contributed by atoms with E-state index in [9.17, 15) is 14.3 Å². The number of rotatable bonds is 3. The molecule has 0 unspecified atom stereocenters. The van der Waals surface area contributed by atoms with E-state index >= 15 is 0 Å². The SMILES string of the molecule is Cn1cc(Cl)cc1C(=O)N1C[C@H]2C[C@@H](Oc3ccc(F)cc3)[C@H](O)C[C@H]2C1. The van der Waals surface area contributed by atoms with Gasteiger partial charge in [-0.15, -0.1) is 0 Å². The number of carbonyl (C=O) groups is 1. The Morgan fingerprint density at radius 3 is 2.52 bits per heavy atom. The van der Waals surface area contributed by atoms with Crippen molar-refractivity contribution in [2.45, 2.75) is 25.0 Å². The summed E-state index contributed by atoms with van der Waals surface area (Å²) in [6.45, 7) is 1.27. The lowest BCUT2D eigenvalue weighted by atomic mass is 9.78. The van der Waals surface area contributed by atoms with E-state index in [-0.39, 0.29) is 29.7 Å². The van der Waals surface area contributed by atoms with Gasteiger partial charge in [0, 0.05) is 26.3 Å². The molecule has 1 aromatic heterocycles. The van der Waals surface area contributed by atoms with Crippen molar-refractivity contribution in [1.29, 1.82) is 0 Å². The van der Waals surface area contributed by atoms with Gasteiger partial charge in [-0.2, -0.15) is 0 Å². The number of halogens is 2. The lowest BCUT2D eigenvalue weighted by Crippen LogP contribution is -2.42. The standard InChI is InChI=1S/C20H22ClFN2O3/c1-23-11-14(21)8-17(23)20(26)24-9-12-6-18(25)19(7-13(12)10-24)27-16-4-2-15(22)3-5-16/h2-5,8,11-13,18-19,25H,6-7,9-10H2,1H3/t12-,13+,18+,19+/m0/s1. The van der Waals surface area contributed by atoms with Crippen LogP contribution in [0.15, 0.2) is 36.5 Å². The molecule has 0 radical (unpaired) electrons. The second kappa shape index (κ2) is 7.17. The Bertz CT molecular complexity index is 838. The Balaban J connectivity index is 1.43. The molecule has 2 aliphatic rings. The van der Waals surface area contributed by atoms with Gasteiger partial charge < -0.3 is 19.3 Å². The molecule has 4 rings (SSSR count). The van der Waals surface area contributed by atoms with Gasteiger partial charge in [0.05, 0.1) is 11.1 Å². The summed E-state index contributed by atoms with van der Waals surface area (Å²) in [6, 6.07) is 7.50. The van der Waals surface area contributed by atoms with Crippen LogP contribution in [0.25, 0.3) is 0 Å². The third-order valence-corrected chi connectivity index (χ3v) is 5.87. The number of hydrogen-bond donors (Lipinski definition) is 1. The number of benzene rings is 1. The van der Waals surface area contributed by atoms with E-state index in [0.717, 1.165) is 0 Å². The predicted molar refractivity (Wildman–Crippen MR) is 99.4 cm³/mol. The summed E-state index contributed by atoms with van der Waals surface area (Å²) < 4.78 is 20.7. The maximum absolute atomic E-state index is 13.1. The predicted octanol–water partition coefficient (Wildman–Crippen LogP) is 3.11. The van der Waals surface area contributed by atoms with Gasteiger partial charge in [0.15, 0.2) is 0 Å². The average molecular weight is 393 g/mol. The number of aliphatic hydroxyl groups is 1. The third kappa shape index (κ3) is 3.69. The van der Waals surface area contributed by atoms with Crippen LogP contribution >= 0.6 is 11.6 Å². The zero-order chi connectivity index (χ0) is 19.1. The molecule has 0 spiro atoms. The molecule has 27 heavy (non-hydrogen) atoms. The Labute approximate surface area is 162 Å². The van der Waals surface area contributed by atoms with Crippen LogP contribution in [0, 0.1) is 17.7 Å². The van der Waals surface area contributed by atoms with E-state index < -0.39 is 6.10 Å². The Morgan fingerprint density at radius 2 is 1.89 bits per heavy atom. The van der Waals surface area contributed by atoms with Crippen molar-refractivity contribution in [2.24, 2.45) is 18.9 Å². The largest absolute Gasteiger partial charge is 0.488 e. The highest BCUT2D eigenvalue weighted by Gasteiger charge is 2.44. The van der Waals surface area contributed by atoms with E-state index in [1.54, 1.807) is 36.0 Å². The zero-order valence-corrected chi connectivity index (χ0v) is 15.8. The monoisotopic (exact) mass is 392 g/mol. The van der Waals surface area contributed by atoms with Crippen LogP contribution in [0.5, 0.6) is 5.75 Å². The molecule has 1 N–H and O–H groups in total. The molecule has 1 aliphatic carbocycles. The zero-order valence-electron chi connectivity index (χ0n) is 15.0. The van der Waals surface area contributed by atoms with Crippen molar-refractivity contribution in [2.75, 3.05) is 13.1 Å². The summed E-state index contributed by atoms with van der Waals surface area (Å²) in [7, 11) is 1.80. The van der Waals surface area contributed by atoms with Crippen LogP contribution < -0.4 is 4.74 Å². The number of aromatic nitrogens is 1. The molecule has 7 heteroatoms. The highest BCUT2D eigenvalue weighted by Crippen LogP contribution is 2.38. The Hall–Kier alpha value is -2.05. The van der Waals surface area contributed by atoms with Crippen LogP contribution in [0.4, 0.5) is 4.39 Å². The van der Waals surface area contributed by atoms with Crippen LogP contribution in [0.2, 0.25) is 5.02 Å². The Morgan fingerprint density at radius 1 is 1.22 bits per heavy atom. The quantitative estimate of drug-likeness (QED) is 0.873. The fourth-order valence-electron chi connectivity index (χ4n) is 4.27. The van der Waals surface area contributed by atoms with Gasteiger partial charge in [-0.3, -0.25) is 4.79 Å². The molecule has 1 aliphatic heterocycles. The van der Waals surface area contributed by atoms with Crippen LogP contribution in [-0.2, 0) is 7.05 Å². The number of aliphatic hydroxyl groups excluding tert-OH is 1. The molecule has 1 saturated carbocycles. The summed E-state index contributed by atoms with van der Waals surface area (Å²) in [4.78, 5) is 14.7. The minimum Gasteiger partial charge on any atom is -0.488 e. The van der Waals surface area contributed by atoms with E-state index in [1.165, 1.54) is 12.1 Å². The first-order valence-corrected chi connectivity index (χ1v) is 9.50. The van der Waals surface area contributed by atoms with Gasteiger partial charge in [-0.25, -0.2) is 4.39 Å². The minimum atomic E-state index is -0.601. The van der Waals surface area contributed by atoms with Crippen LogP contribution in [-0.4, -0.2) is 45.8 Å². The van der Waals surface area contributed by atoms with Gasteiger partial charge in [-0.1, -0.05) is 11.6 Å². The van der Waals surface area contributed by atoms with Crippen molar-refractivity contribution in [3.63, 3.8) is 0 Å². The molecule has 2 fully saturated rings. The van der Waals surface area contributed by atoms with Crippen molar-refractivity contribution in [3.05, 3.63) is 53.1 Å². The summed E-state index contributed by atoms with van der Waals surface area (Å²) in [5.74, 6) is 0.719. The fraction of sp³-hybridized carbons (Fsp3) is 0.450. The molecular formula is C20H22ClFN2O3. The molecule has 2 heterocycles. The second-order valence-corrected chi connectivity index (χ2v) is 7.97. The topological polar surface area (TPSA) is 54.7 Å². The molecule has 144 valence electrons. The molecule has 1 saturated heterocycles. The molecule has 5 nitrogen and oxygen atoms in total. The van der Waals surface area contributed by atoms with Crippen molar-refractivity contribution in [3.8, 4) is 5.75 Å². The maximum Gasteiger partial charge on any atom is 0.270 e. The van der Waals surface area contributed by atoms with E-state index in [4.69, 9.17) is 16.3 Å². The van der Waals surface area contributed by atoms with E-state index in [2.05, 4.69) is 0 Å². The van der Waals surface area contributed by atoms with Gasteiger partial charge in [0.2, 0.25) is 0 Å². The first-order chi connectivity index (χ1) is 12.9. The number of ether oxygens (including phenoxy) is 1. The molecule has 0 bridgehead atoms. The van der Waals surface area contributed by atoms with Crippen molar-refractivity contribution >= 4 is 17.5 Å². The lowest BCUT2D eigenvalue weighted by molar-refractivity contribution is -0.0231. The number of nitrogens with zero attached hydrogens (tertiary/aromatic N) is 2. The smallest absolute Gasteiger partial charge is 0.270 e. The average Bonchev–Trinajstić information content (AvgIpc) is 3.18. The molecule has 2 aromatic rings. The summed E-state index contributed by atoms with van der Waals surface area (Å²) >= 11 is 6.00. The minimum absolute atomic E-state index is 0.0377. The van der Waals surface area contributed by atoms with Gasteiger partial charge in [0.25, 0.3) is 5.91 Å². The van der Waals surface area contributed by atoms with Crippen LogP contribution in [0.1, 0.15) is 23.3 Å². The number of carbonyl (C=O) groups excluding carboxylic acids is 1. The van der Waals surface area contributed by atoms with E-state index in [1.807, 2.05) is 4.90 Å².